The molecular formula is C12H13ClFN3O. The molecule has 0 bridgehead atoms. The highest BCUT2D eigenvalue weighted by molar-refractivity contribution is 6.29. The summed E-state index contributed by atoms with van der Waals surface area (Å²) in [5.74, 6) is -0.446. The van der Waals surface area contributed by atoms with Crippen molar-refractivity contribution in [1.29, 1.82) is 0 Å². The van der Waals surface area contributed by atoms with Gasteiger partial charge >= 0.3 is 0 Å². The maximum atomic E-state index is 13.7. The molecule has 2 aromatic heterocycles. The summed E-state index contributed by atoms with van der Waals surface area (Å²) < 4.78 is 15.2. The largest absolute Gasteiger partial charge is 0.389 e. The topological polar surface area (TPSA) is 50.9 Å². The van der Waals surface area contributed by atoms with Gasteiger partial charge in [-0.1, -0.05) is 11.6 Å². The van der Waals surface area contributed by atoms with Crippen LogP contribution >= 0.6 is 11.6 Å². The molecular weight excluding hydrogens is 257 g/mol. The summed E-state index contributed by atoms with van der Waals surface area (Å²) >= 11 is 5.59. The average Bonchev–Trinajstić information content (AvgIpc) is 2.63. The molecule has 0 aliphatic heterocycles. The zero-order valence-corrected chi connectivity index (χ0v) is 10.8. The van der Waals surface area contributed by atoms with Gasteiger partial charge in [0.25, 0.3) is 0 Å². The first-order chi connectivity index (χ1) is 8.35. The van der Waals surface area contributed by atoms with Crippen LogP contribution in [0.15, 0.2) is 24.7 Å². The van der Waals surface area contributed by atoms with Gasteiger partial charge in [0, 0.05) is 29.6 Å². The normalized spacial score (nSPS) is 11.8. The molecule has 1 N–H and O–H groups in total. The highest BCUT2D eigenvalue weighted by Crippen LogP contribution is 2.23. The van der Waals surface area contributed by atoms with E-state index in [2.05, 4.69) is 10.1 Å². The number of hydrogen-bond donors (Lipinski definition) is 1. The van der Waals surface area contributed by atoms with Crippen molar-refractivity contribution in [3.8, 4) is 11.1 Å². The molecule has 0 radical (unpaired) electrons. The van der Waals surface area contributed by atoms with Gasteiger partial charge in [0.05, 0.1) is 18.3 Å². The van der Waals surface area contributed by atoms with Crippen molar-refractivity contribution in [3.05, 3.63) is 35.6 Å². The molecule has 0 fully saturated rings. The minimum atomic E-state index is -0.875. The highest BCUT2D eigenvalue weighted by Gasteiger charge is 2.15. The Kier molecular flexibility index (Phi) is 3.36. The lowest BCUT2D eigenvalue weighted by Gasteiger charge is -2.16. The summed E-state index contributed by atoms with van der Waals surface area (Å²) in [7, 11) is 0. The Bertz CT molecular complexity index is 563. The maximum absolute atomic E-state index is 13.7. The zero-order chi connectivity index (χ0) is 13.3. The van der Waals surface area contributed by atoms with Gasteiger partial charge in [-0.25, -0.2) is 9.37 Å². The van der Waals surface area contributed by atoms with E-state index < -0.39 is 11.4 Å². The molecule has 6 heteroatoms. The lowest BCUT2D eigenvalue weighted by Crippen LogP contribution is -2.26. The third-order valence-corrected chi connectivity index (χ3v) is 2.52. The van der Waals surface area contributed by atoms with E-state index in [9.17, 15) is 9.50 Å². The van der Waals surface area contributed by atoms with Crippen molar-refractivity contribution >= 4 is 11.6 Å². The molecule has 2 aromatic rings. The fourth-order valence-corrected chi connectivity index (χ4v) is 1.75. The van der Waals surface area contributed by atoms with E-state index in [-0.39, 0.29) is 5.15 Å². The molecule has 0 unspecified atom stereocenters. The Morgan fingerprint density at radius 1 is 1.44 bits per heavy atom. The van der Waals surface area contributed by atoms with Crippen LogP contribution in [-0.4, -0.2) is 25.5 Å². The standard InChI is InChI=1S/C12H13ClFN3O/c1-12(2,18)7-17-6-8(4-16-17)9-5-15-11(13)3-10(9)14/h3-6,18H,7H2,1-2H3. The lowest BCUT2D eigenvalue weighted by molar-refractivity contribution is 0.0577. The van der Waals surface area contributed by atoms with Gasteiger partial charge in [-0.15, -0.1) is 0 Å². The molecule has 18 heavy (non-hydrogen) atoms. The minimum absolute atomic E-state index is 0.111. The van der Waals surface area contributed by atoms with E-state index in [0.29, 0.717) is 17.7 Å². The monoisotopic (exact) mass is 269 g/mol. The van der Waals surface area contributed by atoms with Gasteiger partial charge in [-0.3, -0.25) is 4.68 Å². The van der Waals surface area contributed by atoms with E-state index in [0.717, 1.165) is 6.07 Å². The number of nitrogens with zero attached hydrogens (tertiary/aromatic N) is 3. The number of pyridine rings is 1. The van der Waals surface area contributed by atoms with E-state index in [1.807, 2.05) is 0 Å². The van der Waals surface area contributed by atoms with Crippen LogP contribution in [0.4, 0.5) is 4.39 Å². The minimum Gasteiger partial charge on any atom is -0.389 e. The van der Waals surface area contributed by atoms with Crippen molar-refractivity contribution < 1.29 is 9.50 Å². The number of aliphatic hydroxyl groups is 1. The molecule has 0 aliphatic carbocycles. The quantitative estimate of drug-likeness (QED) is 0.871. The van der Waals surface area contributed by atoms with E-state index in [1.54, 1.807) is 24.7 Å². The summed E-state index contributed by atoms with van der Waals surface area (Å²) in [6, 6.07) is 1.16. The molecule has 0 spiro atoms. The predicted molar refractivity (Wildman–Crippen MR) is 66.7 cm³/mol. The Morgan fingerprint density at radius 3 is 2.78 bits per heavy atom. The SMILES string of the molecule is CC(C)(O)Cn1cc(-c2cnc(Cl)cc2F)cn1. The summed E-state index contributed by atoms with van der Waals surface area (Å²) in [4.78, 5) is 3.84. The van der Waals surface area contributed by atoms with Gasteiger partial charge in [0.2, 0.25) is 0 Å². The molecule has 0 amide bonds. The molecule has 0 saturated carbocycles. The van der Waals surface area contributed by atoms with Gasteiger partial charge in [0.15, 0.2) is 0 Å². The van der Waals surface area contributed by atoms with Crippen LogP contribution in [0, 0.1) is 5.82 Å². The van der Waals surface area contributed by atoms with Crippen molar-refractivity contribution in [2.24, 2.45) is 0 Å². The van der Waals surface area contributed by atoms with Crippen LogP contribution in [0.2, 0.25) is 5.15 Å². The van der Waals surface area contributed by atoms with Crippen LogP contribution in [0.5, 0.6) is 0 Å². The summed E-state index contributed by atoms with van der Waals surface area (Å²) in [6.07, 6.45) is 4.55. The van der Waals surface area contributed by atoms with E-state index in [4.69, 9.17) is 11.6 Å². The first-order valence-corrected chi connectivity index (χ1v) is 5.79. The summed E-state index contributed by atoms with van der Waals surface area (Å²) in [6.45, 7) is 3.69. The Hall–Kier alpha value is -1.46. The molecule has 2 heterocycles. The molecule has 0 saturated heterocycles. The van der Waals surface area contributed by atoms with E-state index in [1.165, 1.54) is 12.4 Å². The van der Waals surface area contributed by atoms with Crippen LogP contribution in [-0.2, 0) is 6.54 Å². The first kappa shape index (κ1) is 13.0. The van der Waals surface area contributed by atoms with Gasteiger partial charge in [0.1, 0.15) is 11.0 Å². The number of hydrogen-bond acceptors (Lipinski definition) is 3. The Labute approximate surface area is 109 Å². The average molecular weight is 270 g/mol. The second kappa shape index (κ2) is 4.66. The number of halogens is 2. The number of aromatic nitrogens is 3. The number of rotatable bonds is 3. The molecule has 96 valence electrons. The van der Waals surface area contributed by atoms with Crippen LogP contribution in [0.3, 0.4) is 0 Å². The zero-order valence-electron chi connectivity index (χ0n) is 10.1. The van der Waals surface area contributed by atoms with Crippen molar-refractivity contribution in [2.75, 3.05) is 0 Å². The molecule has 4 nitrogen and oxygen atoms in total. The molecule has 0 atom stereocenters. The van der Waals surface area contributed by atoms with Crippen LogP contribution in [0.1, 0.15) is 13.8 Å². The molecule has 2 rings (SSSR count). The van der Waals surface area contributed by atoms with Crippen molar-refractivity contribution in [2.45, 2.75) is 26.0 Å². The van der Waals surface area contributed by atoms with Crippen molar-refractivity contribution in [3.63, 3.8) is 0 Å². The fraction of sp³-hybridized carbons (Fsp3) is 0.333. The summed E-state index contributed by atoms with van der Waals surface area (Å²) in [5.41, 5.74) is 0.0578. The highest BCUT2D eigenvalue weighted by atomic mass is 35.5. The van der Waals surface area contributed by atoms with E-state index >= 15 is 0 Å². The predicted octanol–water partition coefficient (Wildman–Crippen LogP) is 2.51. The van der Waals surface area contributed by atoms with Crippen LogP contribution in [0.25, 0.3) is 11.1 Å². The maximum Gasteiger partial charge on any atom is 0.135 e. The third kappa shape index (κ3) is 3.05. The molecule has 0 aliphatic rings. The fourth-order valence-electron chi connectivity index (χ4n) is 1.61. The van der Waals surface area contributed by atoms with Gasteiger partial charge in [-0.2, -0.15) is 5.10 Å². The summed E-state index contributed by atoms with van der Waals surface area (Å²) in [5, 5.41) is 13.9. The second-order valence-corrected chi connectivity index (χ2v) is 5.11. The van der Waals surface area contributed by atoms with Crippen LogP contribution < -0.4 is 0 Å². The molecule has 0 aromatic carbocycles. The Morgan fingerprint density at radius 2 is 2.17 bits per heavy atom. The lowest BCUT2D eigenvalue weighted by atomic mass is 10.1. The smallest absolute Gasteiger partial charge is 0.135 e. The van der Waals surface area contributed by atoms with Gasteiger partial charge < -0.3 is 5.11 Å². The third-order valence-electron chi connectivity index (χ3n) is 2.31. The first-order valence-electron chi connectivity index (χ1n) is 5.41. The van der Waals surface area contributed by atoms with Crippen molar-refractivity contribution in [1.82, 2.24) is 14.8 Å². The van der Waals surface area contributed by atoms with Gasteiger partial charge in [-0.05, 0) is 13.8 Å². The Balaban J connectivity index is 2.29. The second-order valence-electron chi connectivity index (χ2n) is 4.73.